The summed E-state index contributed by atoms with van der Waals surface area (Å²) in [5.41, 5.74) is 2.01. The molecule has 4 rings (SSSR count). The van der Waals surface area contributed by atoms with Crippen LogP contribution < -0.4 is 5.56 Å². The lowest BCUT2D eigenvalue weighted by atomic mass is 10.1. The molecule has 8 heteroatoms. The zero-order valence-electron chi connectivity index (χ0n) is 14.6. The Hall–Kier alpha value is -3.45. The van der Waals surface area contributed by atoms with Crippen LogP contribution in [0.3, 0.4) is 0 Å². The van der Waals surface area contributed by atoms with Gasteiger partial charge >= 0.3 is 5.97 Å². The molecule has 0 spiro atoms. The number of fused-ring (bicyclic) bond motifs is 2. The van der Waals surface area contributed by atoms with Gasteiger partial charge in [0.2, 0.25) is 0 Å². The Kier molecular flexibility index (Phi) is 4.44. The van der Waals surface area contributed by atoms with Gasteiger partial charge in [-0.2, -0.15) is 0 Å². The fourth-order valence-electron chi connectivity index (χ4n) is 3.03. The molecule has 3 heterocycles. The fraction of sp³-hybridized carbons (Fsp3) is 0.100. The van der Waals surface area contributed by atoms with Crippen molar-refractivity contribution in [1.29, 1.82) is 0 Å². The average molecular weight is 396 g/mol. The number of esters is 1. The zero-order chi connectivity index (χ0) is 19.8. The van der Waals surface area contributed by atoms with Crippen LogP contribution in [0.25, 0.3) is 11.3 Å². The van der Waals surface area contributed by atoms with Gasteiger partial charge in [-0.3, -0.25) is 23.7 Å². The molecule has 0 N–H and O–H groups in total. The van der Waals surface area contributed by atoms with Gasteiger partial charge in [0.15, 0.2) is 0 Å². The second-order valence-corrected chi connectivity index (χ2v) is 6.64. The number of nitrogens with zero attached hydrogens (tertiary/aromatic N) is 3. The number of halogens is 1. The van der Waals surface area contributed by atoms with Crippen molar-refractivity contribution in [2.75, 3.05) is 6.54 Å². The lowest BCUT2D eigenvalue weighted by Gasteiger charge is -2.16. The minimum Gasteiger partial charge on any atom is -0.458 e. The molecule has 0 atom stereocenters. The Bertz CT molecular complexity index is 1170. The largest absolute Gasteiger partial charge is 0.458 e. The highest BCUT2D eigenvalue weighted by atomic mass is 35.5. The summed E-state index contributed by atoms with van der Waals surface area (Å²) in [6.07, 6.45) is 1.46. The van der Waals surface area contributed by atoms with Crippen molar-refractivity contribution >= 4 is 34.8 Å². The SMILES string of the molecule is C=C1c2ccccc2C(=O)N1CC(=O)OCc1cc(=O)n2cc(Cl)ccc2n1. The van der Waals surface area contributed by atoms with Crippen molar-refractivity contribution in [2.24, 2.45) is 0 Å². The Balaban J connectivity index is 1.45. The Morgan fingerprint density at radius 3 is 2.64 bits per heavy atom. The molecule has 1 aromatic carbocycles. The van der Waals surface area contributed by atoms with Crippen molar-refractivity contribution < 1.29 is 14.3 Å². The first-order valence-electron chi connectivity index (χ1n) is 8.37. The van der Waals surface area contributed by atoms with E-state index in [0.717, 1.165) is 0 Å². The van der Waals surface area contributed by atoms with Crippen molar-refractivity contribution in [3.63, 3.8) is 0 Å². The normalized spacial score (nSPS) is 13.1. The predicted octanol–water partition coefficient (Wildman–Crippen LogP) is 2.52. The second-order valence-electron chi connectivity index (χ2n) is 6.21. The summed E-state index contributed by atoms with van der Waals surface area (Å²) in [4.78, 5) is 42.3. The van der Waals surface area contributed by atoms with Crippen LogP contribution in [0.2, 0.25) is 5.02 Å². The quantitative estimate of drug-likeness (QED) is 0.634. The molecule has 0 radical (unpaired) electrons. The first kappa shape index (κ1) is 17.9. The molecular weight excluding hydrogens is 382 g/mol. The van der Waals surface area contributed by atoms with Gasteiger partial charge in [-0.25, -0.2) is 4.98 Å². The van der Waals surface area contributed by atoms with Crippen LogP contribution in [-0.4, -0.2) is 32.7 Å². The highest BCUT2D eigenvalue weighted by Crippen LogP contribution is 2.30. The number of hydrogen-bond acceptors (Lipinski definition) is 5. The monoisotopic (exact) mass is 395 g/mol. The number of rotatable bonds is 4. The third-order valence-corrected chi connectivity index (χ3v) is 4.61. The van der Waals surface area contributed by atoms with E-state index in [2.05, 4.69) is 11.6 Å². The van der Waals surface area contributed by atoms with Gasteiger partial charge in [0.05, 0.1) is 10.7 Å². The number of ether oxygens (including phenoxy) is 1. The first-order chi connectivity index (χ1) is 13.4. The van der Waals surface area contributed by atoms with E-state index in [1.165, 1.54) is 21.6 Å². The molecule has 7 nitrogen and oxygen atoms in total. The molecule has 1 aliphatic rings. The number of carbonyl (C=O) groups is 2. The van der Waals surface area contributed by atoms with E-state index >= 15 is 0 Å². The van der Waals surface area contributed by atoms with E-state index < -0.39 is 5.97 Å². The lowest BCUT2D eigenvalue weighted by Crippen LogP contribution is -2.30. The van der Waals surface area contributed by atoms with E-state index in [1.807, 2.05) is 0 Å². The number of amides is 1. The minimum atomic E-state index is -0.625. The summed E-state index contributed by atoms with van der Waals surface area (Å²) in [7, 11) is 0. The second kappa shape index (κ2) is 6.94. The molecule has 1 aliphatic heterocycles. The number of carbonyl (C=O) groups excluding carboxylic acids is 2. The third kappa shape index (κ3) is 3.16. The third-order valence-electron chi connectivity index (χ3n) is 4.38. The van der Waals surface area contributed by atoms with Gasteiger partial charge in [-0.05, 0) is 18.2 Å². The van der Waals surface area contributed by atoms with E-state index in [1.54, 1.807) is 36.4 Å². The van der Waals surface area contributed by atoms with E-state index in [-0.39, 0.29) is 24.6 Å². The van der Waals surface area contributed by atoms with Gasteiger partial charge in [0, 0.05) is 29.1 Å². The molecule has 0 aliphatic carbocycles. The van der Waals surface area contributed by atoms with Crippen molar-refractivity contribution in [3.8, 4) is 0 Å². The van der Waals surface area contributed by atoms with Crippen LogP contribution in [0.15, 0.2) is 60.0 Å². The summed E-state index contributed by atoms with van der Waals surface area (Å²) in [6, 6.07) is 11.5. The summed E-state index contributed by atoms with van der Waals surface area (Å²) in [5.74, 6) is -0.920. The summed E-state index contributed by atoms with van der Waals surface area (Å²) < 4.78 is 6.51. The Morgan fingerprint density at radius 1 is 1.14 bits per heavy atom. The lowest BCUT2D eigenvalue weighted by molar-refractivity contribution is -0.145. The molecule has 2 aromatic heterocycles. The maximum absolute atomic E-state index is 12.4. The molecule has 3 aromatic rings. The van der Waals surface area contributed by atoms with Gasteiger partial charge in [-0.1, -0.05) is 36.4 Å². The summed E-state index contributed by atoms with van der Waals surface area (Å²) >= 11 is 5.88. The highest BCUT2D eigenvalue weighted by Gasteiger charge is 2.32. The summed E-state index contributed by atoms with van der Waals surface area (Å²) in [5, 5.41) is 0.409. The van der Waals surface area contributed by atoms with Crippen LogP contribution in [0.1, 0.15) is 21.6 Å². The van der Waals surface area contributed by atoms with Crippen LogP contribution in [0, 0.1) is 0 Å². The molecule has 0 saturated carbocycles. The van der Waals surface area contributed by atoms with Crippen molar-refractivity contribution in [2.45, 2.75) is 6.61 Å². The molecule has 1 amide bonds. The number of aromatic nitrogens is 2. The molecule has 0 bridgehead atoms. The number of benzene rings is 1. The van der Waals surface area contributed by atoms with Crippen LogP contribution in [0.5, 0.6) is 0 Å². The highest BCUT2D eigenvalue weighted by molar-refractivity contribution is 6.30. The number of hydrogen-bond donors (Lipinski definition) is 0. The maximum Gasteiger partial charge on any atom is 0.326 e. The van der Waals surface area contributed by atoms with Gasteiger partial charge < -0.3 is 4.74 Å². The molecule has 0 unspecified atom stereocenters. The van der Waals surface area contributed by atoms with Gasteiger partial charge in [0.1, 0.15) is 18.8 Å². The Labute approximate surface area is 164 Å². The molecule has 140 valence electrons. The fourth-order valence-corrected chi connectivity index (χ4v) is 3.19. The maximum atomic E-state index is 12.4. The zero-order valence-corrected chi connectivity index (χ0v) is 15.3. The van der Waals surface area contributed by atoms with Crippen LogP contribution in [0.4, 0.5) is 0 Å². The van der Waals surface area contributed by atoms with E-state index in [4.69, 9.17) is 16.3 Å². The van der Waals surface area contributed by atoms with Crippen LogP contribution in [-0.2, 0) is 16.1 Å². The average Bonchev–Trinajstić information content (AvgIpc) is 2.92. The van der Waals surface area contributed by atoms with Crippen molar-refractivity contribution in [3.05, 3.63) is 87.4 Å². The predicted molar refractivity (Wildman–Crippen MR) is 103 cm³/mol. The van der Waals surface area contributed by atoms with E-state index in [9.17, 15) is 14.4 Å². The van der Waals surface area contributed by atoms with Crippen molar-refractivity contribution in [1.82, 2.24) is 14.3 Å². The Morgan fingerprint density at radius 2 is 1.89 bits per heavy atom. The first-order valence-corrected chi connectivity index (χ1v) is 8.75. The minimum absolute atomic E-state index is 0.186. The molecule has 28 heavy (non-hydrogen) atoms. The topological polar surface area (TPSA) is 81.0 Å². The van der Waals surface area contributed by atoms with E-state index in [0.29, 0.717) is 33.2 Å². The standard InChI is InChI=1S/C20H14ClN3O4/c1-12-15-4-2-3-5-16(15)20(27)23(12)10-19(26)28-11-14-8-18(25)24-9-13(21)6-7-17(24)22-14/h2-9H,1,10-11H2. The smallest absolute Gasteiger partial charge is 0.326 e. The van der Waals surface area contributed by atoms with Crippen LogP contribution >= 0.6 is 11.6 Å². The van der Waals surface area contributed by atoms with Gasteiger partial charge in [-0.15, -0.1) is 0 Å². The molecule has 0 fully saturated rings. The van der Waals surface area contributed by atoms with Gasteiger partial charge in [0.25, 0.3) is 11.5 Å². The molecule has 0 saturated heterocycles. The summed E-state index contributed by atoms with van der Waals surface area (Å²) in [6.45, 7) is 3.43. The number of pyridine rings is 1. The molecular formula is C20H14ClN3O4.